The maximum absolute atomic E-state index is 9.36. The van der Waals surface area contributed by atoms with E-state index in [0.29, 0.717) is 17.1 Å². The molecule has 0 heterocycles. The van der Waals surface area contributed by atoms with Crippen LogP contribution in [0, 0.1) is 14.9 Å². The summed E-state index contributed by atoms with van der Waals surface area (Å²) in [4.78, 5) is 0. The summed E-state index contributed by atoms with van der Waals surface area (Å²) in [5.41, 5.74) is 2.40. The van der Waals surface area contributed by atoms with E-state index < -0.39 is 0 Å². The van der Waals surface area contributed by atoms with Gasteiger partial charge in [0.05, 0.1) is 29.4 Å². The summed E-state index contributed by atoms with van der Waals surface area (Å²) in [6.45, 7) is 0. The zero-order valence-electron chi connectivity index (χ0n) is 11.8. The number of rotatable bonds is 4. The normalized spacial score (nSPS) is 10.9. The Morgan fingerprint density at radius 2 is 1.86 bits per heavy atom. The van der Waals surface area contributed by atoms with Crippen LogP contribution in [0.1, 0.15) is 11.1 Å². The van der Waals surface area contributed by atoms with Gasteiger partial charge in [-0.1, -0.05) is 30.3 Å². The SMILES string of the molecule is COc1cc(/C=C(/C#N)c2ccccc2)cc(I)c1OC. The molecule has 4 heteroatoms. The first kappa shape index (κ1) is 15.4. The standard InChI is InChI=1S/C17H14INO2/c1-20-16-10-12(9-15(18)17(16)21-2)8-14(11-19)13-6-4-3-5-7-13/h3-10H,1-2H3/b14-8-. The van der Waals surface area contributed by atoms with Crippen LogP contribution in [0.3, 0.4) is 0 Å². The van der Waals surface area contributed by atoms with Crippen LogP contribution in [0.5, 0.6) is 11.5 Å². The lowest BCUT2D eigenvalue weighted by Crippen LogP contribution is -1.94. The van der Waals surface area contributed by atoms with E-state index in [1.54, 1.807) is 14.2 Å². The molecule has 0 aliphatic heterocycles. The van der Waals surface area contributed by atoms with Crippen molar-refractivity contribution in [1.82, 2.24) is 0 Å². The number of hydrogen-bond acceptors (Lipinski definition) is 3. The maximum Gasteiger partial charge on any atom is 0.174 e. The number of benzene rings is 2. The van der Waals surface area contributed by atoms with Gasteiger partial charge in [-0.3, -0.25) is 0 Å². The summed E-state index contributed by atoms with van der Waals surface area (Å²) in [6.07, 6.45) is 1.85. The third-order valence-electron chi connectivity index (χ3n) is 2.97. The van der Waals surface area contributed by atoms with Gasteiger partial charge in [0, 0.05) is 0 Å². The van der Waals surface area contributed by atoms with Gasteiger partial charge >= 0.3 is 0 Å². The van der Waals surface area contributed by atoms with E-state index in [4.69, 9.17) is 9.47 Å². The molecule has 0 spiro atoms. The third kappa shape index (κ3) is 3.56. The second-order valence-corrected chi connectivity index (χ2v) is 5.44. The van der Waals surface area contributed by atoms with E-state index in [1.807, 2.05) is 48.5 Å². The van der Waals surface area contributed by atoms with E-state index in [1.165, 1.54) is 0 Å². The largest absolute Gasteiger partial charge is 0.493 e. The maximum atomic E-state index is 9.36. The lowest BCUT2D eigenvalue weighted by Gasteiger charge is -2.10. The first-order chi connectivity index (χ1) is 10.2. The van der Waals surface area contributed by atoms with Crippen molar-refractivity contribution in [2.75, 3.05) is 14.2 Å². The first-order valence-electron chi connectivity index (χ1n) is 6.28. The molecule has 0 radical (unpaired) electrons. The van der Waals surface area contributed by atoms with Crippen molar-refractivity contribution in [1.29, 1.82) is 5.26 Å². The molecule has 0 aromatic heterocycles. The number of halogens is 1. The fourth-order valence-electron chi connectivity index (χ4n) is 1.99. The topological polar surface area (TPSA) is 42.2 Å². The summed E-state index contributed by atoms with van der Waals surface area (Å²) in [5.74, 6) is 1.36. The van der Waals surface area contributed by atoms with Crippen LogP contribution in [-0.4, -0.2) is 14.2 Å². The van der Waals surface area contributed by atoms with E-state index in [0.717, 1.165) is 14.7 Å². The van der Waals surface area contributed by atoms with E-state index in [2.05, 4.69) is 28.7 Å². The van der Waals surface area contributed by atoms with E-state index in [9.17, 15) is 5.26 Å². The van der Waals surface area contributed by atoms with Crippen molar-refractivity contribution in [3.8, 4) is 17.6 Å². The van der Waals surface area contributed by atoms with Crippen LogP contribution in [-0.2, 0) is 0 Å². The van der Waals surface area contributed by atoms with Crippen LogP contribution in [0.4, 0.5) is 0 Å². The van der Waals surface area contributed by atoms with Gasteiger partial charge in [0.1, 0.15) is 0 Å². The zero-order chi connectivity index (χ0) is 15.2. The Labute approximate surface area is 138 Å². The smallest absolute Gasteiger partial charge is 0.174 e. The molecule has 0 saturated carbocycles. The molecule has 0 saturated heterocycles. The Balaban J connectivity index is 2.49. The van der Waals surface area contributed by atoms with Crippen molar-refractivity contribution in [2.24, 2.45) is 0 Å². The number of ether oxygens (including phenoxy) is 2. The highest BCUT2D eigenvalue weighted by atomic mass is 127. The molecule has 0 bridgehead atoms. The minimum atomic E-state index is 0.610. The summed E-state index contributed by atoms with van der Waals surface area (Å²) in [5, 5.41) is 9.36. The van der Waals surface area contributed by atoms with Gasteiger partial charge in [-0.25, -0.2) is 0 Å². The van der Waals surface area contributed by atoms with Gasteiger partial charge in [-0.2, -0.15) is 5.26 Å². The average molecular weight is 391 g/mol. The Kier molecular flexibility index (Phi) is 5.23. The van der Waals surface area contributed by atoms with Crippen molar-refractivity contribution in [3.05, 3.63) is 57.2 Å². The molecule has 3 nitrogen and oxygen atoms in total. The molecule has 0 amide bonds. The monoisotopic (exact) mass is 391 g/mol. The van der Waals surface area contributed by atoms with Crippen LogP contribution in [0.25, 0.3) is 11.6 Å². The molecule has 2 aromatic rings. The highest BCUT2D eigenvalue weighted by Crippen LogP contribution is 2.34. The fraction of sp³-hybridized carbons (Fsp3) is 0.118. The number of allylic oxidation sites excluding steroid dienone is 1. The Hall–Kier alpha value is -2.00. The van der Waals surface area contributed by atoms with Crippen molar-refractivity contribution >= 4 is 34.2 Å². The molecule has 2 aromatic carbocycles. The lowest BCUT2D eigenvalue weighted by molar-refractivity contribution is 0.353. The van der Waals surface area contributed by atoms with Gasteiger partial charge in [-0.05, 0) is 51.9 Å². The van der Waals surface area contributed by atoms with Crippen LogP contribution in [0.15, 0.2) is 42.5 Å². The minimum Gasteiger partial charge on any atom is -0.493 e. The number of nitrogens with zero attached hydrogens (tertiary/aromatic N) is 1. The van der Waals surface area contributed by atoms with E-state index >= 15 is 0 Å². The Morgan fingerprint density at radius 3 is 2.43 bits per heavy atom. The summed E-state index contributed by atoms with van der Waals surface area (Å²) in [7, 11) is 3.21. The van der Waals surface area contributed by atoms with Crippen LogP contribution in [0.2, 0.25) is 0 Å². The van der Waals surface area contributed by atoms with Gasteiger partial charge in [-0.15, -0.1) is 0 Å². The van der Waals surface area contributed by atoms with Gasteiger partial charge in [0.25, 0.3) is 0 Å². The molecule has 0 aliphatic carbocycles. The highest BCUT2D eigenvalue weighted by molar-refractivity contribution is 14.1. The molecule has 0 N–H and O–H groups in total. The number of hydrogen-bond donors (Lipinski definition) is 0. The van der Waals surface area contributed by atoms with Gasteiger partial charge < -0.3 is 9.47 Å². The minimum absolute atomic E-state index is 0.610. The van der Waals surface area contributed by atoms with Crippen molar-refractivity contribution in [2.45, 2.75) is 0 Å². The molecular formula is C17H14INO2. The summed E-state index contributed by atoms with van der Waals surface area (Å²) in [6, 6.07) is 15.7. The summed E-state index contributed by atoms with van der Waals surface area (Å²) >= 11 is 2.19. The quantitative estimate of drug-likeness (QED) is 0.442. The lowest BCUT2D eigenvalue weighted by atomic mass is 10.0. The second-order valence-electron chi connectivity index (χ2n) is 4.27. The molecule has 0 unspecified atom stereocenters. The average Bonchev–Trinajstić information content (AvgIpc) is 2.52. The van der Waals surface area contributed by atoms with Gasteiger partial charge in [0.2, 0.25) is 0 Å². The molecule has 21 heavy (non-hydrogen) atoms. The summed E-state index contributed by atoms with van der Waals surface area (Å²) < 4.78 is 11.6. The van der Waals surface area contributed by atoms with Crippen LogP contribution < -0.4 is 9.47 Å². The van der Waals surface area contributed by atoms with Gasteiger partial charge in [0.15, 0.2) is 11.5 Å². The molecule has 0 fully saturated rings. The predicted molar refractivity (Wildman–Crippen MR) is 92.2 cm³/mol. The first-order valence-corrected chi connectivity index (χ1v) is 7.36. The molecule has 0 aliphatic rings. The Bertz CT molecular complexity index is 703. The zero-order valence-corrected chi connectivity index (χ0v) is 13.9. The van der Waals surface area contributed by atoms with Crippen molar-refractivity contribution < 1.29 is 9.47 Å². The highest BCUT2D eigenvalue weighted by Gasteiger charge is 2.10. The van der Waals surface area contributed by atoms with Crippen molar-refractivity contribution in [3.63, 3.8) is 0 Å². The Morgan fingerprint density at radius 1 is 1.14 bits per heavy atom. The molecule has 106 valence electrons. The third-order valence-corrected chi connectivity index (χ3v) is 3.77. The predicted octanol–water partition coefficient (Wildman–Crippen LogP) is 4.37. The molecular weight excluding hydrogens is 377 g/mol. The number of methoxy groups -OCH3 is 2. The molecule has 2 rings (SSSR count). The fourth-order valence-corrected chi connectivity index (χ4v) is 2.83. The second kappa shape index (κ2) is 7.14. The number of nitriles is 1. The molecule has 0 atom stereocenters. The van der Waals surface area contributed by atoms with Crippen LogP contribution >= 0.6 is 22.6 Å². The van der Waals surface area contributed by atoms with E-state index in [-0.39, 0.29) is 0 Å².